The number of carbonyl (C=O) groups excluding carboxylic acids is 2. The first-order chi connectivity index (χ1) is 13.5. The average molecular weight is 386 g/mol. The fraction of sp³-hybridized carbons (Fsp3) is 0.333. The monoisotopic (exact) mass is 386 g/mol. The molecule has 0 atom stereocenters. The molecule has 1 heterocycles. The van der Waals surface area contributed by atoms with Crippen LogP contribution in [0, 0.1) is 11.7 Å². The van der Waals surface area contributed by atoms with Crippen LogP contribution in [0.2, 0.25) is 0 Å². The zero-order valence-corrected chi connectivity index (χ0v) is 15.9. The number of benzene rings is 2. The summed E-state index contributed by atoms with van der Waals surface area (Å²) in [6.45, 7) is 0.891. The first-order valence-corrected chi connectivity index (χ1v) is 9.10. The number of anilines is 1. The number of halogens is 1. The van der Waals surface area contributed by atoms with E-state index in [-0.39, 0.29) is 17.7 Å². The normalized spacial score (nSPS) is 14.5. The predicted molar refractivity (Wildman–Crippen MR) is 103 cm³/mol. The van der Waals surface area contributed by atoms with Crippen LogP contribution in [-0.4, -0.2) is 44.0 Å². The highest BCUT2D eigenvalue weighted by molar-refractivity contribution is 6.00. The highest BCUT2D eigenvalue weighted by Gasteiger charge is 2.30. The van der Waals surface area contributed by atoms with Crippen LogP contribution >= 0.6 is 0 Å². The summed E-state index contributed by atoms with van der Waals surface area (Å²) in [7, 11) is 3.02. The molecule has 1 saturated heterocycles. The number of hydrogen-bond acceptors (Lipinski definition) is 4. The molecule has 1 N–H and O–H groups in total. The molecule has 0 saturated carbocycles. The van der Waals surface area contributed by atoms with Gasteiger partial charge in [0.1, 0.15) is 22.9 Å². The number of hydrogen-bond donors (Lipinski definition) is 1. The van der Waals surface area contributed by atoms with Crippen LogP contribution < -0.4 is 14.8 Å². The van der Waals surface area contributed by atoms with Crippen molar-refractivity contribution in [1.82, 2.24) is 4.90 Å². The van der Waals surface area contributed by atoms with E-state index < -0.39 is 5.82 Å². The van der Waals surface area contributed by atoms with Gasteiger partial charge in [-0.05, 0) is 43.2 Å². The molecule has 0 aliphatic carbocycles. The number of carbonyl (C=O) groups is 2. The Morgan fingerprint density at radius 3 is 2.21 bits per heavy atom. The molecule has 148 valence electrons. The van der Waals surface area contributed by atoms with Crippen molar-refractivity contribution in [3.8, 4) is 11.5 Å². The maximum absolute atomic E-state index is 13.3. The van der Waals surface area contributed by atoms with Gasteiger partial charge in [-0.2, -0.15) is 0 Å². The van der Waals surface area contributed by atoms with E-state index in [1.807, 2.05) is 0 Å². The van der Waals surface area contributed by atoms with Crippen LogP contribution in [-0.2, 0) is 4.79 Å². The van der Waals surface area contributed by atoms with E-state index in [0.29, 0.717) is 48.7 Å². The molecule has 1 fully saturated rings. The summed E-state index contributed by atoms with van der Waals surface area (Å²) in [6, 6.07) is 11.0. The Bertz CT molecular complexity index is 841. The maximum Gasteiger partial charge on any atom is 0.261 e. The lowest BCUT2D eigenvalue weighted by Gasteiger charge is -2.32. The summed E-state index contributed by atoms with van der Waals surface area (Å²) in [4.78, 5) is 27.1. The van der Waals surface area contributed by atoms with E-state index in [1.54, 1.807) is 35.2 Å². The number of likely N-dealkylation sites (tertiary alicyclic amines) is 1. The van der Waals surface area contributed by atoms with E-state index in [0.717, 1.165) is 0 Å². The Kier molecular flexibility index (Phi) is 6.13. The van der Waals surface area contributed by atoms with E-state index in [2.05, 4.69) is 5.32 Å². The summed E-state index contributed by atoms with van der Waals surface area (Å²) >= 11 is 0. The van der Waals surface area contributed by atoms with Crippen molar-refractivity contribution in [3.05, 3.63) is 53.8 Å². The van der Waals surface area contributed by atoms with E-state index in [1.165, 1.54) is 26.4 Å². The number of amides is 2. The Hall–Kier alpha value is -3.09. The lowest BCUT2D eigenvalue weighted by atomic mass is 9.95. The second-order valence-corrected chi connectivity index (χ2v) is 6.60. The number of piperidine rings is 1. The number of rotatable bonds is 5. The largest absolute Gasteiger partial charge is 0.496 e. The SMILES string of the molecule is COc1cccc(OC)c1C(=O)N1CCC(C(=O)Nc2cccc(F)c2)CC1. The highest BCUT2D eigenvalue weighted by Crippen LogP contribution is 2.31. The summed E-state index contributed by atoms with van der Waals surface area (Å²) in [6.07, 6.45) is 1.06. The van der Waals surface area contributed by atoms with Crippen molar-refractivity contribution >= 4 is 17.5 Å². The lowest BCUT2D eigenvalue weighted by molar-refractivity contribution is -0.121. The van der Waals surface area contributed by atoms with Crippen LogP contribution in [0.5, 0.6) is 11.5 Å². The molecule has 0 unspecified atom stereocenters. The molecular formula is C21H23FN2O4. The first-order valence-electron chi connectivity index (χ1n) is 9.10. The first kappa shape index (κ1) is 19.7. The van der Waals surface area contributed by atoms with Crippen molar-refractivity contribution in [2.75, 3.05) is 32.6 Å². The molecule has 6 nitrogen and oxygen atoms in total. The van der Waals surface area contributed by atoms with Gasteiger partial charge in [-0.25, -0.2) is 4.39 Å². The van der Waals surface area contributed by atoms with Crippen LogP contribution in [0.3, 0.4) is 0 Å². The van der Waals surface area contributed by atoms with E-state index in [4.69, 9.17) is 9.47 Å². The quantitative estimate of drug-likeness (QED) is 0.856. The summed E-state index contributed by atoms with van der Waals surface area (Å²) in [5.74, 6) is -0.0626. The van der Waals surface area contributed by atoms with Crippen LogP contribution in [0.4, 0.5) is 10.1 Å². The summed E-state index contributed by atoms with van der Waals surface area (Å²) in [5, 5.41) is 2.74. The molecule has 0 bridgehead atoms. The number of nitrogens with zero attached hydrogens (tertiary/aromatic N) is 1. The molecule has 0 radical (unpaired) electrons. The van der Waals surface area contributed by atoms with Crippen molar-refractivity contribution in [2.45, 2.75) is 12.8 Å². The molecule has 3 rings (SSSR count). The molecular weight excluding hydrogens is 363 g/mol. The molecule has 0 aromatic heterocycles. The predicted octanol–water partition coefficient (Wildman–Crippen LogP) is 3.33. The second-order valence-electron chi connectivity index (χ2n) is 6.60. The van der Waals surface area contributed by atoms with Crippen molar-refractivity contribution in [2.24, 2.45) is 5.92 Å². The van der Waals surface area contributed by atoms with Gasteiger partial charge in [0.05, 0.1) is 14.2 Å². The third-order valence-corrected chi connectivity index (χ3v) is 4.89. The van der Waals surface area contributed by atoms with Gasteiger partial charge in [-0.15, -0.1) is 0 Å². The van der Waals surface area contributed by atoms with Gasteiger partial charge in [0, 0.05) is 24.7 Å². The van der Waals surface area contributed by atoms with Crippen molar-refractivity contribution in [3.63, 3.8) is 0 Å². The lowest BCUT2D eigenvalue weighted by Crippen LogP contribution is -2.41. The van der Waals surface area contributed by atoms with Gasteiger partial charge in [-0.1, -0.05) is 12.1 Å². The Morgan fingerprint density at radius 2 is 1.64 bits per heavy atom. The Labute approximate surface area is 163 Å². The van der Waals surface area contributed by atoms with Gasteiger partial charge in [0.15, 0.2) is 0 Å². The smallest absolute Gasteiger partial charge is 0.261 e. The molecule has 1 aliphatic heterocycles. The number of ether oxygens (including phenoxy) is 2. The Balaban J connectivity index is 1.64. The average Bonchev–Trinajstić information content (AvgIpc) is 2.72. The zero-order valence-electron chi connectivity index (χ0n) is 15.9. The molecule has 7 heteroatoms. The third-order valence-electron chi connectivity index (χ3n) is 4.89. The van der Waals surface area contributed by atoms with Crippen LogP contribution in [0.15, 0.2) is 42.5 Å². The van der Waals surface area contributed by atoms with Gasteiger partial charge in [-0.3, -0.25) is 9.59 Å². The van der Waals surface area contributed by atoms with Gasteiger partial charge < -0.3 is 19.7 Å². The third kappa shape index (κ3) is 4.24. The molecule has 2 amide bonds. The van der Waals surface area contributed by atoms with Crippen molar-refractivity contribution < 1.29 is 23.5 Å². The standard InChI is InChI=1S/C21H23FN2O4/c1-27-17-7-4-8-18(28-2)19(17)21(26)24-11-9-14(10-12-24)20(25)23-16-6-3-5-15(22)13-16/h3-8,13-14H,9-12H2,1-2H3,(H,23,25). The fourth-order valence-corrected chi connectivity index (χ4v) is 3.38. The highest BCUT2D eigenvalue weighted by atomic mass is 19.1. The van der Waals surface area contributed by atoms with Crippen LogP contribution in [0.1, 0.15) is 23.2 Å². The molecule has 2 aromatic rings. The minimum Gasteiger partial charge on any atom is -0.496 e. The van der Waals surface area contributed by atoms with E-state index >= 15 is 0 Å². The number of nitrogens with one attached hydrogen (secondary N) is 1. The minimum atomic E-state index is -0.399. The van der Waals surface area contributed by atoms with E-state index in [9.17, 15) is 14.0 Å². The molecule has 0 spiro atoms. The maximum atomic E-state index is 13.3. The fourth-order valence-electron chi connectivity index (χ4n) is 3.38. The van der Waals surface area contributed by atoms with Gasteiger partial charge in [0.2, 0.25) is 5.91 Å². The second kappa shape index (κ2) is 8.73. The Morgan fingerprint density at radius 1 is 1.04 bits per heavy atom. The molecule has 2 aromatic carbocycles. The van der Waals surface area contributed by atoms with Crippen molar-refractivity contribution in [1.29, 1.82) is 0 Å². The number of methoxy groups -OCH3 is 2. The topological polar surface area (TPSA) is 67.9 Å². The van der Waals surface area contributed by atoms with Gasteiger partial charge in [0.25, 0.3) is 5.91 Å². The van der Waals surface area contributed by atoms with Crippen LogP contribution in [0.25, 0.3) is 0 Å². The summed E-state index contributed by atoms with van der Waals surface area (Å²) in [5.41, 5.74) is 0.817. The summed E-state index contributed by atoms with van der Waals surface area (Å²) < 4.78 is 23.9. The minimum absolute atomic E-state index is 0.160. The molecule has 1 aliphatic rings. The zero-order chi connectivity index (χ0) is 20.1. The van der Waals surface area contributed by atoms with Gasteiger partial charge >= 0.3 is 0 Å². The molecule has 28 heavy (non-hydrogen) atoms.